The molecule has 0 unspecified atom stereocenters. The summed E-state index contributed by atoms with van der Waals surface area (Å²) < 4.78 is 4.76. The van der Waals surface area contributed by atoms with E-state index >= 15 is 0 Å². The van der Waals surface area contributed by atoms with Crippen LogP contribution in [0.5, 0.6) is 0 Å². The maximum atomic E-state index is 11.5. The van der Waals surface area contributed by atoms with Crippen LogP contribution < -0.4 is 5.32 Å². The normalized spacial score (nSPS) is 12.3. The lowest BCUT2D eigenvalue weighted by Crippen LogP contribution is -2.36. The van der Waals surface area contributed by atoms with Crippen LogP contribution in [-0.4, -0.2) is 26.2 Å². The van der Waals surface area contributed by atoms with E-state index in [0.29, 0.717) is 6.42 Å². The molecule has 3 heteroatoms. The fourth-order valence-corrected chi connectivity index (χ4v) is 2.05. The molecule has 0 amide bonds. The Bertz CT molecular complexity index is 551. The van der Waals surface area contributed by atoms with Crippen LogP contribution in [0, 0.1) is 0 Å². The van der Waals surface area contributed by atoms with Crippen molar-refractivity contribution in [1.29, 1.82) is 0 Å². The van der Waals surface area contributed by atoms with Crippen LogP contribution in [0.2, 0.25) is 0 Å². The molecule has 94 valence electrons. The van der Waals surface area contributed by atoms with Gasteiger partial charge in [0.2, 0.25) is 0 Å². The molecule has 3 nitrogen and oxygen atoms in total. The lowest BCUT2D eigenvalue weighted by atomic mass is 10.0. The minimum absolute atomic E-state index is 0.231. The molecule has 0 fully saturated rings. The molecule has 2 aromatic carbocycles. The van der Waals surface area contributed by atoms with E-state index in [0.717, 1.165) is 5.56 Å². The van der Waals surface area contributed by atoms with E-state index in [1.807, 2.05) is 12.1 Å². The van der Waals surface area contributed by atoms with Crippen molar-refractivity contribution in [3.05, 3.63) is 48.0 Å². The molecule has 0 aromatic heterocycles. The van der Waals surface area contributed by atoms with Crippen molar-refractivity contribution in [2.75, 3.05) is 14.2 Å². The smallest absolute Gasteiger partial charge is 0.323 e. The van der Waals surface area contributed by atoms with E-state index in [1.54, 1.807) is 7.05 Å². The van der Waals surface area contributed by atoms with Gasteiger partial charge in [0.05, 0.1) is 7.11 Å². The molecule has 0 heterocycles. The molecule has 0 saturated heterocycles. The second-order valence-corrected chi connectivity index (χ2v) is 4.25. The molecule has 2 aromatic rings. The molecular weight excluding hydrogens is 226 g/mol. The lowest BCUT2D eigenvalue weighted by Gasteiger charge is -2.13. The Morgan fingerprint density at radius 2 is 1.94 bits per heavy atom. The zero-order chi connectivity index (χ0) is 13.0. The number of esters is 1. The van der Waals surface area contributed by atoms with Gasteiger partial charge in [-0.05, 0) is 29.8 Å². The second-order valence-electron chi connectivity index (χ2n) is 4.25. The minimum atomic E-state index is -0.295. The molecule has 18 heavy (non-hydrogen) atoms. The molecule has 0 aliphatic carbocycles. The van der Waals surface area contributed by atoms with Gasteiger partial charge in [0.15, 0.2) is 0 Å². The topological polar surface area (TPSA) is 38.3 Å². The Hall–Kier alpha value is -1.87. The van der Waals surface area contributed by atoms with Crippen molar-refractivity contribution in [2.24, 2.45) is 0 Å². The van der Waals surface area contributed by atoms with E-state index in [-0.39, 0.29) is 12.0 Å². The quantitative estimate of drug-likeness (QED) is 0.836. The predicted octanol–water partition coefficient (Wildman–Crippen LogP) is 2.14. The summed E-state index contributed by atoms with van der Waals surface area (Å²) in [6.45, 7) is 0. The standard InChI is InChI=1S/C15H17NO2/c1-16-14(15(17)18-2)10-11-7-8-12-5-3-4-6-13(12)9-11/h3-9,14,16H,10H2,1-2H3/t14-/m0/s1. The molecule has 0 saturated carbocycles. The third-order valence-corrected chi connectivity index (χ3v) is 3.09. The van der Waals surface area contributed by atoms with Crippen LogP contribution in [0.3, 0.4) is 0 Å². The van der Waals surface area contributed by atoms with Crippen molar-refractivity contribution in [1.82, 2.24) is 5.32 Å². The third kappa shape index (κ3) is 2.68. The third-order valence-electron chi connectivity index (χ3n) is 3.09. The van der Waals surface area contributed by atoms with Crippen LogP contribution in [0.25, 0.3) is 10.8 Å². The van der Waals surface area contributed by atoms with E-state index in [2.05, 4.69) is 35.6 Å². The highest BCUT2D eigenvalue weighted by atomic mass is 16.5. The number of likely N-dealkylation sites (N-methyl/N-ethyl adjacent to an activating group) is 1. The van der Waals surface area contributed by atoms with Crippen molar-refractivity contribution in [3.8, 4) is 0 Å². The van der Waals surface area contributed by atoms with Crippen LogP contribution in [0.4, 0.5) is 0 Å². The van der Waals surface area contributed by atoms with Crippen molar-refractivity contribution >= 4 is 16.7 Å². The molecule has 0 aliphatic heterocycles. The highest BCUT2D eigenvalue weighted by molar-refractivity contribution is 5.83. The number of hydrogen-bond acceptors (Lipinski definition) is 3. The highest BCUT2D eigenvalue weighted by Gasteiger charge is 2.17. The van der Waals surface area contributed by atoms with Gasteiger partial charge in [0.25, 0.3) is 0 Å². The zero-order valence-corrected chi connectivity index (χ0v) is 10.6. The molecular formula is C15H17NO2. The minimum Gasteiger partial charge on any atom is -0.468 e. The molecule has 0 spiro atoms. The van der Waals surface area contributed by atoms with Crippen LogP contribution in [-0.2, 0) is 16.0 Å². The van der Waals surface area contributed by atoms with E-state index in [4.69, 9.17) is 4.74 Å². The summed E-state index contributed by atoms with van der Waals surface area (Å²) in [6, 6.07) is 14.1. The van der Waals surface area contributed by atoms with Crippen LogP contribution >= 0.6 is 0 Å². The fraction of sp³-hybridized carbons (Fsp3) is 0.267. The van der Waals surface area contributed by atoms with Crippen molar-refractivity contribution in [2.45, 2.75) is 12.5 Å². The maximum Gasteiger partial charge on any atom is 0.323 e. The van der Waals surface area contributed by atoms with Gasteiger partial charge in [-0.25, -0.2) is 0 Å². The number of ether oxygens (including phenoxy) is 1. The number of fused-ring (bicyclic) bond motifs is 1. The number of benzene rings is 2. The lowest BCUT2D eigenvalue weighted by molar-refractivity contribution is -0.142. The van der Waals surface area contributed by atoms with Crippen LogP contribution in [0.1, 0.15) is 5.56 Å². The summed E-state index contributed by atoms with van der Waals surface area (Å²) in [5, 5.41) is 5.37. The first-order chi connectivity index (χ1) is 8.74. The monoisotopic (exact) mass is 243 g/mol. The Labute approximate surface area is 107 Å². The van der Waals surface area contributed by atoms with E-state index in [1.165, 1.54) is 17.9 Å². The number of rotatable bonds is 4. The number of methoxy groups -OCH3 is 1. The van der Waals surface area contributed by atoms with Gasteiger partial charge in [0, 0.05) is 0 Å². The average Bonchev–Trinajstić information content (AvgIpc) is 2.43. The Morgan fingerprint density at radius 3 is 2.61 bits per heavy atom. The summed E-state index contributed by atoms with van der Waals surface area (Å²) in [6.07, 6.45) is 0.633. The Morgan fingerprint density at radius 1 is 1.22 bits per heavy atom. The molecule has 1 N–H and O–H groups in total. The van der Waals surface area contributed by atoms with Gasteiger partial charge in [-0.1, -0.05) is 42.5 Å². The van der Waals surface area contributed by atoms with E-state index in [9.17, 15) is 4.79 Å². The summed E-state index contributed by atoms with van der Waals surface area (Å²) >= 11 is 0. The van der Waals surface area contributed by atoms with Gasteiger partial charge in [-0.15, -0.1) is 0 Å². The van der Waals surface area contributed by atoms with Crippen LogP contribution in [0.15, 0.2) is 42.5 Å². The highest BCUT2D eigenvalue weighted by Crippen LogP contribution is 2.16. The average molecular weight is 243 g/mol. The predicted molar refractivity (Wildman–Crippen MR) is 72.5 cm³/mol. The summed E-state index contributed by atoms with van der Waals surface area (Å²) in [5.74, 6) is -0.231. The first-order valence-corrected chi connectivity index (χ1v) is 5.97. The van der Waals surface area contributed by atoms with Gasteiger partial charge < -0.3 is 10.1 Å². The number of carbonyl (C=O) groups is 1. The SMILES string of the molecule is CN[C@@H](Cc1ccc2ccccc2c1)C(=O)OC. The second kappa shape index (κ2) is 5.65. The van der Waals surface area contributed by atoms with Gasteiger partial charge in [-0.3, -0.25) is 4.79 Å². The van der Waals surface area contributed by atoms with Gasteiger partial charge >= 0.3 is 5.97 Å². The molecule has 0 radical (unpaired) electrons. The van der Waals surface area contributed by atoms with Crippen molar-refractivity contribution < 1.29 is 9.53 Å². The number of nitrogens with one attached hydrogen (secondary N) is 1. The summed E-state index contributed by atoms with van der Waals surface area (Å²) in [7, 11) is 3.18. The first kappa shape index (κ1) is 12.6. The molecule has 1 atom stereocenters. The maximum absolute atomic E-state index is 11.5. The molecule has 2 rings (SSSR count). The van der Waals surface area contributed by atoms with Gasteiger partial charge in [-0.2, -0.15) is 0 Å². The van der Waals surface area contributed by atoms with Crippen molar-refractivity contribution in [3.63, 3.8) is 0 Å². The first-order valence-electron chi connectivity index (χ1n) is 5.97. The molecule has 0 bridgehead atoms. The Balaban J connectivity index is 2.23. The Kier molecular flexibility index (Phi) is 3.95. The zero-order valence-electron chi connectivity index (χ0n) is 10.6. The van der Waals surface area contributed by atoms with Gasteiger partial charge in [0.1, 0.15) is 6.04 Å². The summed E-state index contributed by atoms with van der Waals surface area (Å²) in [4.78, 5) is 11.5. The summed E-state index contributed by atoms with van der Waals surface area (Å²) in [5.41, 5.74) is 1.12. The molecule has 0 aliphatic rings. The largest absolute Gasteiger partial charge is 0.468 e. The fourth-order valence-electron chi connectivity index (χ4n) is 2.05. The number of carbonyl (C=O) groups excluding carboxylic acids is 1. The number of hydrogen-bond donors (Lipinski definition) is 1. The van der Waals surface area contributed by atoms with E-state index < -0.39 is 0 Å².